The van der Waals surface area contributed by atoms with Crippen LogP contribution >= 0.6 is 0 Å². The summed E-state index contributed by atoms with van der Waals surface area (Å²) in [5.74, 6) is 0. The Morgan fingerprint density at radius 2 is 2.38 bits per heavy atom. The zero-order valence-corrected chi connectivity index (χ0v) is 12.4. The summed E-state index contributed by atoms with van der Waals surface area (Å²) in [4.78, 5) is 0. The monoisotopic (exact) mass is 283 g/mol. The predicted molar refractivity (Wildman–Crippen MR) is 83.1 cm³/mol. The summed E-state index contributed by atoms with van der Waals surface area (Å²) in [7, 11) is 0. The molecule has 21 heavy (non-hydrogen) atoms. The molecule has 2 heterocycles. The molecule has 1 aromatic heterocycles. The minimum atomic E-state index is 0.358. The van der Waals surface area contributed by atoms with Crippen LogP contribution in [-0.4, -0.2) is 29.9 Å². The van der Waals surface area contributed by atoms with Gasteiger partial charge in [-0.3, -0.25) is 0 Å². The molecule has 1 aliphatic heterocycles. The lowest BCUT2D eigenvalue weighted by Gasteiger charge is -2.20. The summed E-state index contributed by atoms with van der Waals surface area (Å²) in [6.45, 7) is 4.89. The third-order valence-electron chi connectivity index (χ3n) is 4.24. The van der Waals surface area contributed by atoms with Gasteiger partial charge in [0, 0.05) is 37.5 Å². The topological polar surface area (TPSA) is 50.0 Å². The molecule has 0 saturated carbocycles. The summed E-state index contributed by atoms with van der Waals surface area (Å²) < 4.78 is 7.90. The van der Waals surface area contributed by atoms with Gasteiger partial charge in [-0.05, 0) is 43.4 Å². The first-order valence-electron chi connectivity index (χ1n) is 7.62. The zero-order chi connectivity index (χ0) is 14.7. The van der Waals surface area contributed by atoms with Gasteiger partial charge in [0.05, 0.1) is 17.7 Å². The fourth-order valence-corrected chi connectivity index (χ4v) is 2.99. The first kappa shape index (κ1) is 14.1. The third-order valence-corrected chi connectivity index (χ3v) is 4.24. The second-order valence-corrected chi connectivity index (χ2v) is 5.69. The van der Waals surface area contributed by atoms with E-state index in [2.05, 4.69) is 35.1 Å². The quantitative estimate of drug-likeness (QED) is 0.918. The second-order valence-electron chi connectivity index (χ2n) is 5.69. The van der Waals surface area contributed by atoms with Crippen molar-refractivity contribution in [1.82, 2.24) is 9.88 Å². The van der Waals surface area contributed by atoms with Crippen LogP contribution in [0, 0.1) is 11.3 Å². The smallest absolute Gasteiger partial charge is 0.0992 e. The maximum Gasteiger partial charge on any atom is 0.0992 e. The molecule has 1 aliphatic rings. The summed E-state index contributed by atoms with van der Waals surface area (Å²) in [6.07, 6.45) is 4.78. The van der Waals surface area contributed by atoms with Crippen LogP contribution in [0.25, 0.3) is 10.9 Å². The van der Waals surface area contributed by atoms with Gasteiger partial charge in [0.25, 0.3) is 0 Å². The minimum Gasteiger partial charge on any atom is -0.377 e. The number of ether oxygens (including phenoxy) is 1. The normalized spacial score (nSPS) is 19.7. The van der Waals surface area contributed by atoms with Crippen molar-refractivity contribution in [2.24, 2.45) is 0 Å². The van der Waals surface area contributed by atoms with Gasteiger partial charge in [-0.2, -0.15) is 5.26 Å². The highest BCUT2D eigenvalue weighted by Crippen LogP contribution is 2.18. The van der Waals surface area contributed by atoms with Crippen LogP contribution in [0.1, 0.15) is 25.3 Å². The number of aromatic nitrogens is 1. The van der Waals surface area contributed by atoms with E-state index >= 15 is 0 Å². The van der Waals surface area contributed by atoms with E-state index in [0.29, 0.717) is 17.7 Å². The Balaban J connectivity index is 1.61. The molecule has 110 valence electrons. The van der Waals surface area contributed by atoms with Crippen molar-refractivity contribution in [2.75, 3.05) is 13.2 Å². The average Bonchev–Trinajstić information content (AvgIpc) is 3.16. The van der Waals surface area contributed by atoms with Crippen LogP contribution in [0.4, 0.5) is 0 Å². The van der Waals surface area contributed by atoms with Crippen molar-refractivity contribution in [1.29, 1.82) is 5.26 Å². The number of fused-ring (bicyclic) bond motifs is 1. The molecule has 3 rings (SSSR count). The molecule has 4 nitrogen and oxygen atoms in total. The van der Waals surface area contributed by atoms with Crippen molar-refractivity contribution < 1.29 is 4.74 Å². The van der Waals surface area contributed by atoms with E-state index in [4.69, 9.17) is 10.00 Å². The fraction of sp³-hybridized carbons (Fsp3) is 0.471. The van der Waals surface area contributed by atoms with Crippen molar-refractivity contribution in [3.63, 3.8) is 0 Å². The minimum absolute atomic E-state index is 0.358. The van der Waals surface area contributed by atoms with E-state index in [1.807, 2.05) is 18.2 Å². The fourth-order valence-electron chi connectivity index (χ4n) is 2.99. The largest absolute Gasteiger partial charge is 0.377 e. The molecule has 1 fully saturated rings. The van der Waals surface area contributed by atoms with Gasteiger partial charge in [0.1, 0.15) is 0 Å². The lowest BCUT2D eigenvalue weighted by molar-refractivity contribution is 0.0835. The van der Waals surface area contributed by atoms with Crippen LogP contribution in [0.5, 0.6) is 0 Å². The summed E-state index contributed by atoms with van der Waals surface area (Å²) >= 11 is 0. The van der Waals surface area contributed by atoms with Crippen LogP contribution in [0.15, 0.2) is 30.5 Å². The van der Waals surface area contributed by atoms with Gasteiger partial charge in [0.2, 0.25) is 0 Å². The maximum absolute atomic E-state index is 9.01. The highest BCUT2D eigenvalue weighted by molar-refractivity contribution is 5.81. The number of hydrogen-bond acceptors (Lipinski definition) is 3. The molecule has 0 amide bonds. The van der Waals surface area contributed by atoms with Crippen LogP contribution < -0.4 is 5.32 Å². The highest BCUT2D eigenvalue weighted by Gasteiger charge is 2.21. The van der Waals surface area contributed by atoms with E-state index in [0.717, 1.165) is 31.6 Å². The summed E-state index contributed by atoms with van der Waals surface area (Å²) in [5, 5.41) is 13.7. The number of benzene rings is 1. The number of rotatable bonds is 5. The Morgan fingerprint density at radius 3 is 3.14 bits per heavy atom. The Labute approximate surface area is 125 Å². The van der Waals surface area contributed by atoms with Gasteiger partial charge in [-0.15, -0.1) is 0 Å². The number of nitrogens with one attached hydrogen (secondary N) is 1. The standard InChI is InChI=1S/C17H21N3O/c1-13(17-3-2-10-21-17)19-7-9-20-8-6-15-5-4-14(12-18)11-16(15)20/h4-6,8,11,13,17,19H,2-3,7,9-10H2,1H3. The van der Waals surface area contributed by atoms with Crippen LogP contribution in [0.2, 0.25) is 0 Å². The Hall–Kier alpha value is -1.83. The van der Waals surface area contributed by atoms with Crippen molar-refractivity contribution >= 4 is 10.9 Å². The molecule has 1 saturated heterocycles. The number of nitrogens with zero attached hydrogens (tertiary/aromatic N) is 2. The first-order chi connectivity index (χ1) is 10.3. The molecule has 4 heteroatoms. The number of hydrogen-bond donors (Lipinski definition) is 1. The van der Waals surface area contributed by atoms with E-state index in [-0.39, 0.29) is 0 Å². The van der Waals surface area contributed by atoms with Crippen molar-refractivity contribution in [2.45, 2.75) is 38.5 Å². The molecule has 2 unspecified atom stereocenters. The summed E-state index contributed by atoms with van der Waals surface area (Å²) in [5.41, 5.74) is 1.84. The highest BCUT2D eigenvalue weighted by atomic mass is 16.5. The van der Waals surface area contributed by atoms with E-state index in [1.54, 1.807) is 0 Å². The SMILES string of the molecule is CC(NCCn1ccc2ccc(C#N)cc21)C1CCCO1. The Kier molecular flexibility index (Phi) is 4.23. The van der Waals surface area contributed by atoms with E-state index in [9.17, 15) is 0 Å². The number of nitriles is 1. The second kappa shape index (κ2) is 6.30. The molecule has 1 aromatic carbocycles. The van der Waals surface area contributed by atoms with Gasteiger partial charge in [-0.1, -0.05) is 6.07 Å². The Bertz CT molecular complexity index is 650. The first-order valence-corrected chi connectivity index (χ1v) is 7.62. The van der Waals surface area contributed by atoms with E-state index < -0.39 is 0 Å². The van der Waals surface area contributed by atoms with Gasteiger partial charge >= 0.3 is 0 Å². The molecule has 2 aromatic rings. The zero-order valence-electron chi connectivity index (χ0n) is 12.4. The molecule has 2 atom stereocenters. The molecule has 0 aliphatic carbocycles. The lowest BCUT2D eigenvalue weighted by Crippen LogP contribution is -2.38. The predicted octanol–water partition coefficient (Wildman–Crippen LogP) is 2.67. The Morgan fingerprint density at radius 1 is 1.48 bits per heavy atom. The van der Waals surface area contributed by atoms with Gasteiger partial charge < -0.3 is 14.6 Å². The molecule has 0 spiro atoms. The molecule has 0 radical (unpaired) electrons. The van der Waals surface area contributed by atoms with Crippen LogP contribution in [-0.2, 0) is 11.3 Å². The average molecular weight is 283 g/mol. The van der Waals surface area contributed by atoms with Gasteiger partial charge in [0.15, 0.2) is 0 Å². The van der Waals surface area contributed by atoms with Crippen molar-refractivity contribution in [3.05, 3.63) is 36.0 Å². The van der Waals surface area contributed by atoms with Gasteiger partial charge in [-0.25, -0.2) is 0 Å². The molecule has 0 bridgehead atoms. The lowest BCUT2D eigenvalue weighted by atomic mass is 10.1. The molecular weight excluding hydrogens is 262 g/mol. The molecular formula is C17H21N3O. The van der Waals surface area contributed by atoms with E-state index in [1.165, 1.54) is 11.8 Å². The summed E-state index contributed by atoms with van der Waals surface area (Å²) in [6, 6.07) is 10.5. The van der Waals surface area contributed by atoms with Crippen molar-refractivity contribution in [3.8, 4) is 6.07 Å². The molecule has 1 N–H and O–H groups in total. The maximum atomic E-state index is 9.01. The third kappa shape index (κ3) is 3.10. The van der Waals surface area contributed by atoms with Crippen LogP contribution in [0.3, 0.4) is 0 Å².